The summed E-state index contributed by atoms with van der Waals surface area (Å²) in [6.07, 6.45) is 12.3. The van der Waals surface area contributed by atoms with E-state index in [1.165, 1.54) is 0 Å². The van der Waals surface area contributed by atoms with Crippen molar-refractivity contribution in [3.05, 3.63) is 95.6 Å². The van der Waals surface area contributed by atoms with Crippen molar-refractivity contribution in [3.63, 3.8) is 0 Å². The first-order valence-electron chi connectivity index (χ1n) is 26.3. The molecule has 0 aromatic heterocycles. The van der Waals surface area contributed by atoms with Gasteiger partial charge in [-0.1, -0.05) is 127 Å². The van der Waals surface area contributed by atoms with Crippen LogP contribution in [0.5, 0.6) is 11.5 Å². The Kier molecular flexibility index (Phi) is 22.9. The minimum atomic E-state index is -1.09. The van der Waals surface area contributed by atoms with E-state index in [1.54, 1.807) is 19.1 Å². The van der Waals surface area contributed by atoms with E-state index in [-0.39, 0.29) is 74.3 Å². The molecule has 5 atom stereocenters. The van der Waals surface area contributed by atoms with Crippen LogP contribution in [0.4, 0.5) is 0 Å². The van der Waals surface area contributed by atoms with Crippen molar-refractivity contribution in [2.75, 3.05) is 46.1 Å². The second-order valence-corrected chi connectivity index (χ2v) is 20.8. The lowest BCUT2D eigenvalue weighted by atomic mass is 9.93. The average molecular weight is 1010 g/mol. The second kappa shape index (κ2) is 29.0. The quantitative estimate of drug-likeness (QED) is 0.0137. The molecule has 0 unspecified atom stereocenters. The van der Waals surface area contributed by atoms with Crippen LogP contribution in [-0.2, 0) is 57.6 Å². The van der Waals surface area contributed by atoms with Crippen LogP contribution in [0.1, 0.15) is 116 Å². The number of hydrogen-bond donors (Lipinski definition) is 4. The molecule has 2 aliphatic rings. The van der Waals surface area contributed by atoms with Crippen LogP contribution in [0.3, 0.4) is 0 Å². The average Bonchev–Trinajstić information content (AvgIpc) is 4.12. The molecule has 3 aromatic carbocycles. The van der Waals surface area contributed by atoms with E-state index in [0.717, 1.165) is 48.8 Å². The fraction of sp³-hybridized carbons (Fsp3) is 0.552. The first-order chi connectivity index (χ1) is 35.0. The number of quaternary nitrogens is 1. The number of unbranched alkanes of at least 4 members (excludes halogenated alkanes) is 4. The number of carbonyl (C=O) groups excluding carboxylic acids is 6. The van der Waals surface area contributed by atoms with Crippen LogP contribution < -0.4 is 30.7 Å². The Balaban J connectivity index is 1.34. The molecule has 2 heterocycles. The highest BCUT2D eigenvalue weighted by Crippen LogP contribution is 2.32. The van der Waals surface area contributed by atoms with Gasteiger partial charge in [-0.2, -0.15) is 0 Å². The number of terminal acetylenes is 1. The van der Waals surface area contributed by atoms with E-state index in [0.29, 0.717) is 62.3 Å². The van der Waals surface area contributed by atoms with Crippen molar-refractivity contribution >= 4 is 35.4 Å². The van der Waals surface area contributed by atoms with Crippen LogP contribution in [0, 0.1) is 24.2 Å². The number of ether oxygens (including phenoxy) is 4. The number of esters is 1. The zero-order valence-electron chi connectivity index (χ0n) is 44.0. The first-order valence-corrected chi connectivity index (χ1v) is 26.3. The lowest BCUT2D eigenvalue weighted by Crippen LogP contribution is -2.61. The standard InChI is InChI=1S/C58H79N5O10/c1-8-10-11-12-19-24-53(65)73-50-28-26-45(37-51(50)71-31-9-2)38-63(29-32-70-33-30-63)39-52(64)59-46(27-25-43-20-15-13-16-21-43)55(67)61-48(35-42(5)6)56(68)62-49(36-44-22-17-14-18-23-44)57(69)60-47(34-41(3)4)54(66)58(7)40-72-58/h2,13-18,20-23,26,28,37,41-42,46-49H,8,10-12,19,24-25,27,29-36,38-40H2,1,3-7H3,(H3-,59,60,61,62,64,67,68,69)/p+1/t46-,47-,48-,49-,58+/m0/s1. The number of benzene rings is 3. The van der Waals surface area contributed by atoms with Crippen molar-refractivity contribution in [1.82, 2.24) is 21.3 Å². The molecule has 2 aliphatic heterocycles. The fourth-order valence-electron chi connectivity index (χ4n) is 9.17. The van der Waals surface area contributed by atoms with Gasteiger partial charge in [-0.05, 0) is 80.2 Å². The van der Waals surface area contributed by atoms with Crippen LogP contribution in [0.15, 0.2) is 78.9 Å². The van der Waals surface area contributed by atoms with Crippen molar-refractivity contribution in [2.24, 2.45) is 11.8 Å². The number of morpholine rings is 1. The Morgan fingerprint density at radius 2 is 1.30 bits per heavy atom. The molecule has 0 spiro atoms. The molecule has 0 saturated carbocycles. The molecule has 4 amide bonds. The summed E-state index contributed by atoms with van der Waals surface area (Å²) in [7, 11) is 0. The Hall–Kier alpha value is -6.08. The molecular weight excluding hydrogens is 927 g/mol. The zero-order valence-corrected chi connectivity index (χ0v) is 44.0. The molecule has 3 aromatic rings. The Morgan fingerprint density at radius 1 is 0.712 bits per heavy atom. The van der Waals surface area contributed by atoms with Crippen molar-refractivity contribution in [2.45, 2.75) is 148 Å². The third-order valence-corrected chi connectivity index (χ3v) is 13.4. The number of Topliss-reactive ketones (excluding diaryl/α,β-unsaturated/α-hetero) is 1. The molecular formula is C58H80N5O10+. The monoisotopic (exact) mass is 1010 g/mol. The molecule has 73 heavy (non-hydrogen) atoms. The van der Waals surface area contributed by atoms with Crippen LogP contribution in [0.25, 0.3) is 0 Å². The van der Waals surface area contributed by atoms with Gasteiger partial charge in [0.2, 0.25) is 17.7 Å². The SMILES string of the molecule is C#CCOc1cc(C[N+]2(CC(=O)N[C@@H](CCc3ccccc3)C(=O)N[C@@H](CC(C)C)C(=O)N[C@@H](Cc3ccccc3)C(=O)N[C@@H](CC(C)C)C(=O)[C@@]3(C)CO3)CCOCC2)ccc1OC(=O)CCCCCCC. The van der Waals surface area contributed by atoms with Gasteiger partial charge in [0, 0.05) is 18.4 Å². The molecule has 15 nitrogen and oxygen atoms in total. The van der Waals surface area contributed by atoms with E-state index in [2.05, 4.69) is 34.1 Å². The van der Waals surface area contributed by atoms with Gasteiger partial charge in [0.15, 0.2) is 23.8 Å². The number of amides is 4. The van der Waals surface area contributed by atoms with Crippen molar-refractivity contribution in [3.8, 4) is 23.8 Å². The molecule has 0 aliphatic carbocycles. The Labute approximate surface area is 433 Å². The predicted molar refractivity (Wildman–Crippen MR) is 280 cm³/mol. The molecule has 2 saturated heterocycles. The normalized spacial score (nSPS) is 17.5. The van der Waals surface area contributed by atoms with Crippen molar-refractivity contribution < 1.29 is 52.2 Å². The van der Waals surface area contributed by atoms with Gasteiger partial charge in [-0.3, -0.25) is 28.8 Å². The molecule has 15 heteroatoms. The third-order valence-electron chi connectivity index (χ3n) is 13.4. The van der Waals surface area contributed by atoms with Crippen molar-refractivity contribution in [1.29, 1.82) is 0 Å². The van der Waals surface area contributed by atoms with Gasteiger partial charge in [0.1, 0.15) is 50.0 Å². The van der Waals surface area contributed by atoms with Gasteiger partial charge < -0.3 is 44.7 Å². The lowest BCUT2D eigenvalue weighted by Gasteiger charge is -2.41. The number of ketones is 1. The molecule has 0 bridgehead atoms. The summed E-state index contributed by atoms with van der Waals surface area (Å²) < 4.78 is 23.2. The van der Waals surface area contributed by atoms with Gasteiger partial charge in [-0.25, -0.2) is 0 Å². The highest BCUT2D eigenvalue weighted by atomic mass is 16.6. The minimum absolute atomic E-state index is 0.0194. The van der Waals surface area contributed by atoms with Gasteiger partial charge in [0.25, 0.3) is 5.91 Å². The predicted octanol–water partition coefficient (Wildman–Crippen LogP) is 6.58. The third kappa shape index (κ3) is 19.4. The number of nitrogens with zero attached hydrogens (tertiary/aromatic N) is 1. The zero-order chi connectivity index (χ0) is 52.8. The summed E-state index contributed by atoms with van der Waals surface area (Å²) in [6, 6.07) is 20.3. The molecule has 396 valence electrons. The maximum absolute atomic E-state index is 14.6. The fourth-order valence-corrected chi connectivity index (χ4v) is 9.17. The smallest absolute Gasteiger partial charge is 0.311 e. The van der Waals surface area contributed by atoms with Crippen LogP contribution >= 0.6 is 0 Å². The van der Waals surface area contributed by atoms with E-state index in [9.17, 15) is 28.8 Å². The largest absolute Gasteiger partial charge is 0.477 e. The summed E-state index contributed by atoms with van der Waals surface area (Å²) in [5, 5.41) is 11.9. The first kappa shape index (κ1) is 57.8. The summed E-state index contributed by atoms with van der Waals surface area (Å²) in [5.74, 6) is 0.568. The summed E-state index contributed by atoms with van der Waals surface area (Å²) in [6.45, 7) is 14.2. The molecule has 4 N–H and O–H groups in total. The maximum Gasteiger partial charge on any atom is 0.311 e. The number of epoxide rings is 1. The summed E-state index contributed by atoms with van der Waals surface area (Å²) in [4.78, 5) is 84.1. The summed E-state index contributed by atoms with van der Waals surface area (Å²) in [5.41, 5.74) is 1.63. The maximum atomic E-state index is 14.6. The molecule has 0 radical (unpaired) electrons. The highest BCUT2D eigenvalue weighted by Gasteiger charge is 2.50. The topological polar surface area (TPSA) is 191 Å². The minimum Gasteiger partial charge on any atom is -0.477 e. The number of carbonyl (C=O) groups is 6. The number of aryl methyl sites for hydroxylation is 1. The number of rotatable bonds is 31. The Bertz CT molecular complexity index is 2310. The van der Waals surface area contributed by atoms with E-state index in [1.807, 2.05) is 94.4 Å². The van der Waals surface area contributed by atoms with Crippen LogP contribution in [0.2, 0.25) is 0 Å². The molecule has 5 rings (SSSR count). The van der Waals surface area contributed by atoms with Gasteiger partial charge >= 0.3 is 5.97 Å². The summed E-state index contributed by atoms with van der Waals surface area (Å²) >= 11 is 0. The second-order valence-electron chi connectivity index (χ2n) is 20.8. The van der Waals surface area contributed by atoms with Gasteiger partial charge in [-0.15, -0.1) is 6.42 Å². The molecule has 2 fully saturated rings. The van der Waals surface area contributed by atoms with E-state index >= 15 is 0 Å². The lowest BCUT2D eigenvalue weighted by molar-refractivity contribution is -0.940. The van der Waals surface area contributed by atoms with E-state index in [4.69, 9.17) is 25.4 Å². The van der Waals surface area contributed by atoms with Gasteiger partial charge in [0.05, 0.1) is 25.9 Å². The number of hydrogen-bond acceptors (Lipinski definition) is 10. The van der Waals surface area contributed by atoms with Crippen LogP contribution in [-0.4, -0.2) is 116 Å². The highest BCUT2D eigenvalue weighted by molar-refractivity contribution is 5.99. The number of nitrogens with one attached hydrogen (secondary N) is 4. The Morgan fingerprint density at radius 3 is 1.93 bits per heavy atom. The van der Waals surface area contributed by atoms with E-state index < -0.39 is 47.5 Å².